The lowest BCUT2D eigenvalue weighted by Crippen LogP contribution is -2.60. The first-order chi connectivity index (χ1) is 5.65. The summed E-state index contributed by atoms with van der Waals surface area (Å²) in [7, 11) is 1.95. The summed E-state index contributed by atoms with van der Waals surface area (Å²) in [5.41, 5.74) is 5.72. The molecule has 0 bridgehead atoms. The van der Waals surface area contributed by atoms with E-state index in [0.717, 1.165) is 6.54 Å². The number of hydrogen-bond donors (Lipinski definition) is 1. The van der Waals surface area contributed by atoms with Crippen molar-refractivity contribution in [2.24, 2.45) is 11.7 Å². The van der Waals surface area contributed by atoms with Gasteiger partial charge in [0.15, 0.2) is 6.36 Å². The van der Waals surface area contributed by atoms with E-state index >= 15 is 0 Å². The van der Waals surface area contributed by atoms with Crippen LogP contribution in [0.5, 0.6) is 0 Å². The average molecular weight is 176 g/mol. The van der Waals surface area contributed by atoms with Crippen LogP contribution >= 0.6 is 0 Å². The van der Waals surface area contributed by atoms with Gasteiger partial charge in [-0.2, -0.15) is 0 Å². The molecule has 2 N–H and O–H groups in total. The van der Waals surface area contributed by atoms with E-state index in [1.807, 2.05) is 11.9 Å². The maximum Gasteiger partial charge on any atom is 0.198 e. The highest BCUT2D eigenvalue weighted by atomic mass is 19.1. The van der Waals surface area contributed by atoms with Gasteiger partial charge in [0.1, 0.15) is 0 Å². The summed E-state index contributed by atoms with van der Waals surface area (Å²) in [6, 6.07) is 0. The minimum absolute atomic E-state index is 0.0501. The fourth-order valence-corrected chi connectivity index (χ4v) is 1.32. The average Bonchev–Trinajstić information content (AvgIpc) is 2.10. The Kier molecular flexibility index (Phi) is 3.43. The fourth-order valence-electron chi connectivity index (χ4n) is 1.32. The Morgan fingerprint density at radius 3 is 2.83 bits per heavy atom. The van der Waals surface area contributed by atoms with Crippen molar-refractivity contribution in [3.05, 3.63) is 0 Å². The van der Waals surface area contributed by atoms with Gasteiger partial charge in [0.05, 0.1) is 12.8 Å². The van der Waals surface area contributed by atoms with Gasteiger partial charge in [-0.3, -0.25) is 4.90 Å². The van der Waals surface area contributed by atoms with Crippen molar-refractivity contribution in [1.29, 1.82) is 0 Å². The van der Waals surface area contributed by atoms with E-state index in [0.29, 0.717) is 18.9 Å². The lowest BCUT2D eigenvalue weighted by Gasteiger charge is -2.43. The Bertz CT molecular complexity index is 145. The molecule has 1 heterocycles. The third-order valence-electron chi connectivity index (χ3n) is 2.33. The van der Waals surface area contributed by atoms with Crippen LogP contribution < -0.4 is 5.73 Å². The SMILES string of the molecule is CCC(F)OCC1CN(C)C1N. The molecule has 1 aliphatic rings. The number of nitrogens with two attached hydrogens (primary N) is 1. The number of halogens is 1. The first-order valence-electron chi connectivity index (χ1n) is 4.36. The molecule has 0 aromatic heterocycles. The zero-order chi connectivity index (χ0) is 9.14. The summed E-state index contributed by atoms with van der Waals surface area (Å²) in [5.74, 6) is 0.305. The summed E-state index contributed by atoms with van der Waals surface area (Å²) in [6.45, 7) is 3.12. The van der Waals surface area contributed by atoms with Crippen molar-refractivity contribution in [2.75, 3.05) is 20.2 Å². The van der Waals surface area contributed by atoms with Crippen LogP contribution in [-0.4, -0.2) is 37.6 Å². The summed E-state index contributed by atoms with van der Waals surface area (Å²) < 4.78 is 17.5. The quantitative estimate of drug-likeness (QED) is 0.680. The molecule has 0 aromatic carbocycles. The molecular formula is C8H17FN2O. The first kappa shape index (κ1) is 9.89. The molecule has 0 aliphatic carbocycles. The Labute approximate surface area is 72.7 Å². The molecule has 0 aromatic rings. The number of rotatable bonds is 4. The smallest absolute Gasteiger partial charge is 0.198 e. The number of ether oxygens (including phenoxy) is 1. The molecule has 1 rings (SSSR count). The molecule has 1 saturated heterocycles. The Morgan fingerprint density at radius 2 is 2.42 bits per heavy atom. The second-order valence-corrected chi connectivity index (χ2v) is 3.34. The minimum atomic E-state index is -1.12. The van der Waals surface area contributed by atoms with Gasteiger partial charge in [-0.1, -0.05) is 6.92 Å². The Hall–Kier alpha value is -0.190. The molecule has 3 nitrogen and oxygen atoms in total. The molecule has 4 heteroatoms. The topological polar surface area (TPSA) is 38.5 Å². The van der Waals surface area contributed by atoms with Crippen LogP contribution in [0.15, 0.2) is 0 Å². The van der Waals surface area contributed by atoms with Crippen LogP contribution in [0.1, 0.15) is 13.3 Å². The van der Waals surface area contributed by atoms with Crippen molar-refractivity contribution < 1.29 is 9.13 Å². The normalized spacial score (nSPS) is 33.0. The largest absolute Gasteiger partial charge is 0.348 e. The second-order valence-electron chi connectivity index (χ2n) is 3.34. The zero-order valence-electron chi connectivity index (χ0n) is 7.66. The highest BCUT2D eigenvalue weighted by molar-refractivity contribution is 4.84. The second kappa shape index (κ2) is 4.16. The predicted molar refractivity (Wildman–Crippen MR) is 45.2 cm³/mol. The maximum atomic E-state index is 12.6. The van der Waals surface area contributed by atoms with E-state index in [4.69, 9.17) is 10.5 Å². The molecular weight excluding hydrogens is 159 g/mol. The molecule has 0 radical (unpaired) electrons. The first-order valence-corrected chi connectivity index (χ1v) is 4.36. The summed E-state index contributed by atoms with van der Waals surface area (Å²) >= 11 is 0. The molecule has 1 fully saturated rings. The number of likely N-dealkylation sites (tertiary alicyclic amines) is 1. The highest BCUT2D eigenvalue weighted by Crippen LogP contribution is 2.19. The molecule has 1 aliphatic heterocycles. The summed E-state index contributed by atoms with van der Waals surface area (Å²) in [6.07, 6.45) is -0.658. The molecule has 72 valence electrons. The monoisotopic (exact) mass is 176 g/mol. The molecule has 3 atom stereocenters. The van der Waals surface area contributed by atoms with Crippen molar-refractivity contribution >= 4 is 0 Å². The van der Waals surface area contributed by atoms with Gasteiger partial charge in [-0.25, -0.2) is 4.39 Å². The molecule has 0 amide bonds. The van der Waals surface area contributed by atoms with Crippen LogP contribution in [0.2, 0.25) is 0 Å². The number of hydrogen-bond acceptors (Lipinski definition) is 3. The van der Waals surface area contributed by atoms with E-state index in [1.165, 1.54) is 0 Å². The van der Waals surface area contributed by atoms with Gasteiger partial charge in [0, 0.05) is 18.9 Å². The van der Waals surface area contributed by atoms with E-state index < -0.39 is 6.36 Å². The lowest BCUT2D eigenvalue weighted by atomic mass is 9.98. The predicted octanol–water partition coefficient (Wildman–Crippen LogP) is 0.555. The van der Waals surface area contributed by atoms with Gasteiger partial charge in [-0.15, -0.1) is 0 Å². The Balaban J connectivity index is 2.09. The summed E-state index contributed by atoms with van der Waals surface area (Å²) in [4.78, 5) is 2.02. The van der Waals surface area contributed by atoms with Gasteiger partial charge >= 0.3 is 0 Å². The van der Waals surface area contributed by atoms with Gasteiger partial charge in [0.2, 0.25) is 0 Å². The van der Waals surface area contributed by atoms with Gasteiger partial charge < -0.3 is 10.5 Å². The molecule has 0 saturated carbocycles. The van der Waals surface area contributed by atoms with Crippen molar-refractivity contribution in [3.8, 4) is 0 Å². The molecule has 0 spiro atoms. The summed E-state index contributed by atoms with van der Waals surface area (Å²) in [5, 5.41) is 0. The van der Waals surface area contributed by atoms with Crippen molar-refractivity contribution in [1.82, 2.24) is 4.90 Å². The lowest BCUT2D eigenvalue weighted by molar-refractivity contribution is -0.0934. The van der Waals surface area contributed by atoms with Crippen LogP contribution in [0.25, 0.3) is 0 Å². The molecule has 12 heavy (non-hydrogen) atoms. The van der Waals surface area contributed by atoms with Crippen LogP contribution in [0, 0.1) is 5.92 Å². The third-order valence-corrected chi connectivity index (χ3v) is 2.33. The molecule has 3 unspecified atom stereocenters. The fraction of sp³-hybridized carbons (Fsp3) is 1.00. The van der Waals surface area contributed by atoms with Crippen molar-refractivity contribution in [3.63, 3.8) is 0 Å². The standard InChI is InChI=1S/C8H17FN2O/c1-3-7(9)12-5-6-4-11(2)8(6)10/h6-8H,3-5,10H2,1-2H3. The maximum absolute atomic E-state index is 12.6. The van der Waals surface area contributed by atoms with Crippen LogP contribution in [0.3, 0.4) is 0 Å². The van der Waals surface area contributed by atoms with Crippen molar-refractivity contribution in [2.45, 2.75) is 25.9 Å². The minimum Gasteiger partial charge on any atom is -0.348 e. The van der Waals surface area contributed by atoms with Gasteiger partial charge in [-0.05, 0) is 7.05 Å². The van der Waals surface area contributed by atoms with Crippen LogP contribution in [-0.2, 0) is 4.74 Å². The Morgan fingerprint density at radius 1 is 1.75 bits per heavy atom. The van der Waals surface area contributed by atoms with E-state index in [-0.39, 0.29) is 6.17 Å². The third kappa shape index (κ3) is 2.15. The number of alkyl halides is 1. The zero-order valence-corrected chi connectivity index (χ0v) is 7.66. The van der Waals surface area contributed by atoms with E-state index in [9.17, 15) is 4.39 Å². The van der Waals surface area contributed by atoms with Gasteiger partial charge in [0.25, 0.3) is 0 Å². The van der Waals surface area contributed by atoms with E-state index in [1.54, 1.807) is 6.92 Å². The highest BCUT2D eigenvalue weighted by Gasteiger charge is 2.33. The number of nitrogens with zero attached hydrogens (tertiary/aromatic N) is 1. The van der Waals surface area contributed by atoms with E-state index in [2.05, 4.69) is 0 Å². The van der Waals surface area contributed by atoms with Crippen LogP contribution in [0.4, 0.5) is 4.39 Å².